The second-order valence-electron chi connectivity index (χ2n) is 9.17. The molecule has 4 atom stereocenters. The van der Waals surface area contributed by atoms with Crippen LogP contribution in [0.15, 0.2) is 17.9 Å². The highest BCUT2D eigenvalue weighted by molar-refractivity contribution is 6.26. The van der Waals surface area contributed by atoms with E-state index in [4.69, 9.17) is 14.2 Å². The van der Waals surface area contributed by atoms with Crippen molar-refractivity contribution in [3.05, 3.63) is 40.1 Å². The maximum absolute atomic E-state index is 13.7. The predicted octanol–water partition coefficient (Wildman–Crippen LogP) is 5.02. The maximum atomic E-state index is 13.7. The minimum Gasteiger partial charge on any atom is -0.434 e. The second kappa shape index (κ2) is 8.18. The summed E-state index contributed by atoms with van der Waals surface area (Å²) in [5, 5.41) is 0. The fourth-order valence-corrected chi connectivity index (χ4v) is 5.34. The molecule has 4 rings (SSSR count). The van der Waals surface area contributed by atoms with Gasteiger partial charge in [0.1, 0.15) is 5.76 Å². The Morgan fingerprint density at radius 1 is 1.10 bits per heavy atom. The van der Waals surface area contributed by atoms with Crippen LogP contribution in [0.2, 0.25) is 0 Å². The molecule has 0 spiro atoms. The Labute approximate surface area is 178 Å². The third kappa shape index (κ3) is 3.47. The van der Waals surface area contributed by atoms with Crippen LogP contribution in [0, 0.1) is 24.7 Å². The van der Waals surface area contributed by atoms with Gasteiger partial charge in [-0.1, -0.05) is 45.4 Å². The van der Waals surface area contributed by atoms with Gasteiger partial charge in [0.25, 0.3) is 0 Å². The number of Topliss-reactive ketones (excluding diaryl/α,β-unsaturated/α-hetero) is 1. The lowest BCUT2D eigenvalue weighted by atomic mass is 9.80. The van der Waals surface area contributed by atoms with Crippen LogP contribution in [0.1, 0.15) is 62.8 Å². The molecule has 1 aromatic carbocycles. The zero-order valence-electron chi connectivity index (χ0n) is 18.6. The molecule has 5 nitrogen and oxygen atoms in total. The monoisotopic (exact) mass is 412 g/mol. The number of rotatable bonds is 6. The van der Waals surface area contributed by atoms with E-state index in [1.165, 1.54) is 5.56 Å². The maximum Gasteiger partial charge on any atom is 0.513 e. The number of ketones is 1. The number of hydrogen-bond acceptors (Lipinski definition) is 5. The van der Waals surface area contributed by atoms with Crippen LogP contribution in [-0.2, 0) is 31.8 Å². The molecule has 3 aliphatic rings. The van der Waals surface area contributed by atoms with Crippen LogP contribution in [-0.4, -0.2) is 30.8 Å². The van der Waals surface area contributed by atoms with Gasteiger partial charge in [-0.2, -0.15) is 0 Å². The van der Waals surface area contributed by atoms with Gasteiger partial charge in [0.05, 0.1) is 36.2 Å². The second-order valence-corrected chi connectivity index (χ2v) is 9.17. The molecular formula is C25H32O5. The third-order valence-corrected chi connectivity index (χ3v) is 6.56. The van der Waals surface area contributed by atoms with Crippen molar-refractivity contribution in [2.24, 2.45) is 17.8 Å². The van der Waals surface area contributed by atoms with E-state index >= 15 is 0 Å². The van der Waals surface area contributed by atoms with E-state index < -0.39 is 6.16 Å². The fourth-order valence-electron chi connectivity index (χ4n) is 5.34. The molecule has 1 aliphatic carbocycles. The molecule has 0 saturated carbocycles. The molecule has 2 heterocycles. The average Bonchev–Trinajstić information content (AvgIpc) is 3.39. The van der Waals surface area contributed by atoms with Gasteiger partial charge in [0, 0.05) is 0 Å². The number of fused-ring (bicyclic) bond motifs is 5. The number of allylic oxidation sites excluding steroid dienone is 1. The summed E-state index contributed by atoms with van der Waals surface area (Å²) in [6.45, 7) is 10.5. The van der Waals surface area contributed by atoms with Crippen LogP contribution in [0.25, 0.3) is 5.57 Å². The fraction of sp³-hybridized carbons (Fsp3) is 0.600. The van der Waals surface area contributed by atoms with Gasteiger partial charge in [0.2, 0.25) is 0 Å². The standard InChI is InChI=1S/C25H32O5/c1-6-15-10-14(5)11-16(7-2)19(15)22-23(26)20-17-8-9-18(29-17)21(20)24(22)30-25(27)28-12-13(3)4/h10-11,13,17-18,20-21H,6-9,12H2,1-5H3/t17?,18?,20-,21+/m0/s1. The molecular weight excluding hydrogens is 380 g/mol. The van der Waals surface area contributed by atoms with Crippen molar-refractivity contribution in [3.8, 4) is 0 Å². The van der Waals surface area contributed by atoms with E-state index in [0.29, 0.717) is 11.3 Å². The summed E-state index contributed by atoms with van der Waals surface area (Å²) in [6.07, 6.45) is 2.55. The molecule has 1 aromatic rings. The molecule has 0 aromatic heterocycles. The number of benzene rings is 1. The molecule has 2 aliphatic heterocycles. The predicted molar refractivity (Wildman–Crippen MR) is 114 cm³/mol. The molecule has 0 amide bonds. The van der Waals surface area contributed by atoms with Gasteiger partial charge in [-0.15, -0.1) is 0 Å². The Hall–Kier alpha value is -2.14. The first-order chi connectivity index (χ1) is 14.3. The van der Waals surface area contributed by atoms with Crippen LogP contribution in [0.3, 0.4) is 0 Å². The normalized spacial score (nSPS) is 27.2. The van der Waals surface area contributed by atoms with Crippen molar-refractivity contribution in [3.63, 3.8) is 0 Å². The summed E-state index contributed by atoms with van der Waals surface area (Å²) in [4.78, 5) is 26.2. The van der Waals surface area contributed by atoms with Crippen molar-refractivity contribution in [1.82, 2.24) is 0 Å². The molecule has 2 bridgehead atoms. The van der Waals surface area contributed by atoms with Gasteiger partial charge in [0.15, 0.2) is 5.78 Å². The Kier molecular flexibility index (Phi) is 5.75. The summed E-state index contributed by atoms with van der Waals surface area (Å²) >= 11 is 0. The third-order valence-electron chi connectivity index (χ3n) is 6.56. The lowest BCUT2D eigenvalue weighted by Gasteiger charge is -2.21. The van der Waals surface area contributed by atoms with Crippen molar-refractivity contribution >= 4 is 17.5 Å². The molecule has 5 heteroatoms. The number of carbonyl (C=O) groups is 2. The van der Waals surface area contributed by atoms with Gasteiger partial charge in [-0.25, -0.2) is 4.79 Å². The number of aryl methyl sites for hydroxylation is 3. The first-order valence-corrected chi connectivity index (χ1v) is 11.3. The number of ether oxygens (including phenoxy) is 3. The van der Waals surface area contributed by atoms with E-state index in [1.54, 1.807) is 0 Å². The first kappa shape index (κ1) is 21.1. The lowest BCUT2D eigenvalue weighted by molar-refractivity contribution is -0.118. The van der Waals surface area contributed by atoms with E-state index in [9.17, 15) is 9.59 Å². The zero-order valence-corrected chi connectivity index (χ0v) is 18.6. The summed E-state index contributed by atoms with van der Waals surface area (Å²) in [7, 11) is 0. The highest BCUT2D eigenvalue weighted by Crippen LogP contribution is 2.55. The molecule has 162 valence electrons. The SMILES string of the molecule is CCc1cc(C)cc(CC)c1C1=C(OC(=O)OCC(C)C)[C@@H]2C3CCC(O3)[C@@H]2C1=O. The zero-order chi connectivity index (χ0) is 21.6. The van der Waals surface area contributed by atoms with E-state index in [-0.39, 0.29) is 42.4 Å². The van der Waals surface area contributed by atoms with Crippen molar-refractivity contribution in [2.45, 2.75) is 72.5 Å². The summed E-state index contributed by atoms with van der Waals surface area (Å²) in [5.74, 6) is 0.313. The van der Waals surface area contributed by atoms with Crippen LogP contribution in [0.4, 0.5) is 4.79 Å². The number of carbonyl (C=O) groups excluding carboxylic acids is 2. The summed E-state index contributed by atoms with van der Waals surface area (Å²) < 4.78 is 17.2. The van der Waals surface area contributed by atoms with Crippen molar-refractivity contribution in [1.29, 1.82) is 0 Å². The smallest absolute Gasteiger partial charge is 0.434 e. The summed E-state index contributed by atoms with van der Waals surface area (Å²) in [6, 6.07) is 4.28. The molecule has 2 fully saturated rings. The minimum atomic E-state index is -0.726. The molecule has 0 radical (unpaired) electrons. The van der Waals surface area contributed by atoms with E-state index in [0.717, 1.165) is 42.4 Å². The number of hydrogen-bond donors (Lipinski definition) is 0. The Morgan fingerprint density at radius 2 is 1.70 bits per heavy atom. The highest BCUT2D eigenvalue weighted by atomic mass is 16.7. The van der Waals surface area contributed by atoms with Gasteiger partial charge < -0.3 is 14.2 Å². The van der Waals surface area contributed by atoms with E-state index in [2.05, 4.69) is 32.9 Å². The van der Waals surface area contributed by atoms with Crippen molar-refractivity contribution < 1.29 is 23.8 Å². The van der Waals surface area contributed by atoms with Crippen LogP contribution < -0.4 is 0 Å². The lowest BCUT2D eigenvalue weighted by Crippen LogP contribution is -2.30. The van der Waals surface area contributed by atoms with Crippen molar-refractivity contribution in [2.75, 3.05) is 6.61 Å². The Bertz CT molecular complexity index is 872. The topological polar surface area (TPSA) is 61.8 Å². The minimum absolute atomic E-state index is 0.0602. The largest absolute Gasteiger partial charge is 0.513 e. The molecule has 30 heavy (non-hydrogen) atoms. The highest BCUT2D eigenvalue weighted by Gasteiger charge is 2.60. The van der Waals surface area contributed by atoms with Crippen LogP contribution >= 0.6 is 0 Å². The average molecular weight is 413 g/mol. The molecule has 0 N–H and O–H groups in total. The van der Waals surface area contributed by atoms with Gasteiger partial charge in [-0.3, -0.25) is 4.79 Å². The van der Waals surface area contributed by atoms with Gasteiger partial charge >= 0.3 is 6.16 Å². The quantitative estimate of drug-likeness (QED) is 0.614. The first-order valence-electron chi connectivity index (χ1n) is 11.3. The van der Waals surface area contributed by atoms with Crippen LogP contribution in [0.5, 0.6) is 0 Å². The van der Waals surface area contributed by atoms with E-state index in [1.807, 2.05) is 13.8 Å². The van der Waals surface area contributed by atoms with Gasteiger partial charge in [-0.05, 0) is 55.2 Å². The Balaban J connectivity index is 1.82. The molecule has 2 saturated heterocycles. The Morgan fingerprint density at radius 3 is 2.27 bits per heavy atom. The summed E-state index contributed by atoms with van der Waals surface area (Å²) in [5.41, 5.74) is 4.97. The molecule has 2 unspecified atom stereocenters.